The normalized spacial score (nSPS) is 13.0. The summed E-state index contributed by atoms with van der Waals surface area (Å²) in [4.78, 5) is 1.31. The van der Waals surface area contributed by atoms with Gasteiger partial charge in [0.25, 0.3) is 0 Å². The Morgan fingerprint density at radius 3 is 2.33 bits per heavy atom. The third-order valence-corrected chi connectivity index (χ3v) is 6.40. The molecule has 0 amide bonds. The largest absolute Gasteiger partial charge is 0.136 e. The molecule has 4 aromatic rings. The van der Waals surface area contributed by atoms with Gasteiger partial charge in [-0.15, -0.1) is 11.3 Å². The van der Waals surface area contributed by atoms with Crippen LogP contribution in [0.2, 0.25) is 0 Å². The summed E-state index contributed by atoms with van der Waals surface area (Å²) in [6.45, 7) is 4.60. The molecule has 136 valence electrons. The van der Waals surface area contributed by atoms with Crippen molar-refractivity contribution in [3.05, 3.63) is 82.7 Å². The molecule has 0 aliphatic carbocycles. The maximum atomic E-state index is 2.34. The van der Waals surface area contributed by atoms with Crippen LogP contribution >= 0.6 is 11.3 Å². The fourth-order valence-electron chi connectivity index (χ4n) is 3.62. The van der Waals surface area contributed by atoms with Crippen molar-refractivity contribution in [2.24, 2.45) is 0 Å². The number of rotatable bonds is 6. The zero-order valence-corrected chi connectivity index (χ0v) is 16.9. The van der Waals surface area contributed by atoms with E-state index >= 15 is 0 Å². The molecular weight excluding hydrogens is 344 g/mol. The topological polar surface area (TPSA) is 0 Å². The van der Waals surface area contributed by atoms with Gasteiger partial charge in [-0.25, -0.2) is 0 Å². The van der Waals surface area contributed by atoms with E-state index in [1.807, 2.05) is 11.3 Å². The highest BCUT2D eigenvalue weighted by Crippen LogP contribution is 2.31. The lowest BCUT2D eigenvalue weighted by atomic mass is 9.95. The zero-order chi connectivity index (χ0) is 18.6. The van der Waals surface area contributed by atoms with E-state index < -0.39 is 0 Å². The molecular formula is C26H26S. The van der Waals surface area contributed by atoms with E-state index in [-0.39, 0.29) is 0 Å². The first-order chi connectivity index (χ1) is 13.2. The van der Waals surface area contributed by atoms with Crippen LogP contribution in [-0.2, 0) is 0 Å². The second-order valence-electron chi connectivity index (χ2n) is 7.43. The van der Waals surface area contributed by atoms with Crippen LogP contribution in [0.4, 0.5) is 0 Å². The molecule has 0 aliphatic rings. The summed E-state index contributed by atoms with van der Waals surface area (Å²) in [5, 5.41) is 3.96. The third kappa shape index (κ3) is 4.14. The van der Waals surface area contributed by atoms with Crippen molar-refractivity contribution in [1.82, 2.24) is 0 Å². The van der Waals surface area contributed by atoms with Crippen molar-refractivity contribution in [2.75, 3.05) is 0 Å². The Morgan fingerprint density at radius 1 is 0.852 bits per heavy atom. The van der Waals surface area contributed by atoms with Crippen molar-refractivity contribution < 1.29 is 0 Å². The van der Waals surface area contributed by atoms with Gasteiger partial charge in [-0.05, 0) is 63.9 Å². The molecule has 0 N–H and O–H groups in total. The van der Waals surface area contributed by atoms with Gasteiger partial charge in [-0.1, -0.05) is 81.3 Å². The molecule has 0 nitrogen and oxygen atoms in total. The lowest BCUT2D eigenvalue weighted by Gasteiger charge is -2.11. The van der Waals surface area contributed by atoms with Crippen molar-refractivity contribution >= 4 is 44.3 Å². The van der Waals surface area contributed by atoms with Gasteiger partial charge in [0, 0.05) is 9.58 Å². The Morgan fingerprint density at radius 2 is 1.59 bits per heavy atom. The predicted octanol–water partition coefficient (Wildman–Crippen LogP) is 8.52. The number of hydrogen-bond donors (Lipinski definition) is 0. The van der Waals surface area contributed by atoms with Crippen LogP contribution in [-0.4, -0.2) is 0 Å². The average Bonchev–Trinajstić information content (AvgIpc) is 3.10. The lowest BCUT2D eigenvalue weighted by molar-refractivity contribution is 0.624. The van der Waals surface area contributed by atoms with Crippen molar-refractivity contribution in [3.63, 3.8) is 0 Å². The minimum Gasteiger partial charge on any atom is -0.136 e. The van der Waals surface area contributed by atoms with E-state index in [1.54, 1.807) is 0 Å². The second-order valence-corrected chi connectivity index (χ2v) is 8.54. The van der Waals surface area contributed by atoms with Crippen molar-refractivity contribution in [1.29, 1.82) is 0 Å². The molecule has 0 radical (unpaired) electrons. The lowest BCUT2D eigenvalue weighted by Crippen LogP contribution is -1.93. The van der Waals surface area contributed by atoms with Crippen LogP contribution in [0.15, 0.2) is 66.7 Å². The Hall–Kier alpha value is -2.38. The van der Waals surface area contributed by atoms with Gasteiger partial charge in [0.2, 0.25) is 0 Å². The molecule has 4 rings (SSSR count). The third-order valence-electron chi connectivity index (χ3n) is 5.34. The molecule has 0 saturated carbocycles. The number of hydrogen-bond acceptors (Lipinski definition) is 1. The molecule has 1 heterocycles. The molecule has 1 atom stereocenters. The van der Waals surface area contributed by atoms with Crippen LogP contribution < -0.4 is 0 Å². The van der Waals surface area contributed by atoms with Crippen LogP contribution in [0, 0.1) is 0 Å². The first-order valence-corrected chi connectivity index (χ1v) is 10.7. The van der Waals surface area contributed by atoms with E-state index in [0.717, 1.165) is 0 Å². The van der Waals surface area contributed by atoms with Gasteiger partial charge in [0.15, 0.2) is 0 Å². The monoisotopic (exact) mass is 370 g/mol. The Labute approximate surface area is 166 Å². The number of thiophene rings is 1. The van der Waals surface area contributed by atoms with Crippen LogP contribution in [0.25, 0.3) is 33.0 Å². The molecule has 1 heteroatoms. The van der Waals surface area contributed by atoms with E-state index in [9.17, 15) is 0 Å². The minimum absolute atomic E-state index is 0.653. The van der Waals surface area contributed by atoms with E-state index in [0.29, 0.717) is 5.92 Å². The van der Waals surface area contributed by atoms with E-state index in [1.165, 1.54) is 56.1 Å². The quantitative estimate of drug-likeness (QED) is 0.319. The molecule has 1 unspecified atom stereocenters. The molecule has 3 aromatic carbocycles. The molecule has 0 aliphatic heterocycles. The zero-order valence-electron chi connectivity index (χ0n) is 16.1. The summed E-state index contributed by atoms with van der Waals surface area (Å²) < 4.78 is 1.36. The van der Waals surface area contributed by atoms with Crippen LogP contribution in [0.1, 0.15) is 55.0 Å². The molecule has 1 aromatic heterocycles. The fourth-order valence-corrected chi connectivity index (χ4v) is 4.62. The van der Waals surface area contributed by atoms with Crippen molar-refractivity contribution in [2.45, 2.75) is 39.0 Å². The Bertz CT molecular complexity index is 1010. The number of fused-ring (bicyclic) bond motifs is 2. The molecule has 0 bridgehead atoms. The SMILES string of the molecule is CCCCC(C)c1ccc(/C=C/c2cc3cc4ccccc4cc3s2)cc1. The molecule has 0 fully saturated rings. The highest BCUT2D eigenvalue weighted by molar-refractivity contribution is 7.20. The maximum absolute atomic E-state index is 2.34. The van der Waals surface area contributed by atoms with E-state index in [2.05, 4.69) is 92.7 Å². The summed E-state index contributed by atoms with van der Waals surface area (Å²) >= 11 is 1.86. The Kier molecular flexibility index (Phi) is 5.40. The predicted molar refractivity (Wildman–Crippen MR) is 123 cm³/mol. The summed E-state index contributed by atoms with van der Waals surface area (Å²) in [6, 6.07) is 24.6. The summed E-state index contributed by atoms with van der Waals surface area (Å²) in [6.07, 6.45) is 8.33. The highest BCUT2D eigenvalue weighted by Gasteiger charge is 2.05. The van der Waals surface area contributed by atoms with Gasteiger partial charge in [-0.3, -0.25) is 0 Å². The van der Waals surface area contributed by atoms with Crippen LogP contribution in [0.5, 0.6) is 0 Å². The van der Waals surface area contributed by atoms with Gasteiger partial charge in [-0.2, -0.15) is 0 Å². The first-order valence-electron chi connectivity index (χ1n) is 9.93. The average molecular weight is 371 g/mol. The standard InChI is InChI=1S/C26H26S/c1-3-4-7-19(2)21-13-10-20(11-14-21)12-15-25-17-24-16-22-8-5-6-9-23(22)18-26(24)27-25/h5-6,8-19H,3-4,7H2,1-2H3/b15-12+. The second kappa shape index (κ2) is 8.10. The maximum Gasteiger partial charge on any atom is 0.0355 e. The fraction of sp³-hybridized carbons (Fsp3) is 0.231. The summed E-state index contributed by atoms with van der Waals surface area (Å²) in [5.41, 5.74) is 2.72. The van der Waals surface area contributed by atoms with Crippen LogP contribution in [0.3, 0.4) is 0 Å². The summed E-state index contributed by atoms with van der Waals surface area (Å²) in [7, 11) is 0. The number of benzene rings is 3. The van der Waals surface area contributed by atoms with Gasteiger partial charge in [0.1, 0.15) is 0 Å². The molecule has 0 spiro atoms. The van der Waals surface area contributed by atoms with Gasteiger partial charge < -0.3 is 0 Å². The van der Waals surface area contributed by atoms with Crippen molar-refractivity contribution in [3.8, 4) is 0 Å². The summed E-state index contributed by atoms with van der Waals surface area (Å²) in [5.74, 6) is 0.653. The molecule has 0 saturated heterocycles. The number of unbranched alkanes of at least 4 members (excludes halogenated alkanes) is 1. The molecule has 27 heavy (non-hydrogen) atoms. The highest BCUT2D eigenvalue weighted by atomic mass is 32.1. The first kappa shape index (κ1) is 18.0. The smallest absolute Gasteiger partial charge is 0.0355 e. The van der Waals surface area contributed by atoms with Gasteiger partial charge in [0.05, 0.1) is 0 Å². The van der Waals surface area contributed by atoms with Gasteiger partial charge >= 0.3 is 0 Å². The minimum atomic E-state index is 0.653. The Balaban J connectivity index is 1.53. The van der Waals surface area contributed by atoms with E-state index in [4.69, 9.17) is 0 Å².